The van der Waals surface area contributed by atoms with Gasteiger partial charge < -0.3 is 4.18 Å². The summed E-state index contributed by atoms with van der Waals surface area (Å²) in [5, 5.41) is 0. The summed E-state index contributed by atoms with van der Waals surface area (Å²) in [4.78, 5) is 0. The van der Waals surface area contributed by atoms with E-state index >= 15 is 0 Å². The molecule has 0 aromatic heterocycles. The fourth-order valence-electron chi connectivity index (χ4n) is 3.30. The standard InChI is InChI=1S/C23H21F3O3S/c1-16(2)15-19-13-14-20(29-30(27,28)23(24,25)26)22(18-11-7-4-8-12-18)21(19)17-9-5-3-6-10-17/h3-14,16H,15H2,1-2H3. The third kappa shape index (κ3) is 4.67. The van der Waals surface area contributed by atoms with Crippen LogP contribution in [-0.2, 0) is 16.5 Å². The maximum absolute atomic E-state index is 13.0. The van der Waals surface area contributed by atoms with Gasteiger partial charge in [-0.15, -0.1) is 0 Å². The van der Waals surface area contributed by atoms with E-state index in [-0.39, 0.29) is 11.7 Å². The quantitative estimate of drug-likeness (QED) is 0.331. The summed E-state index contributed by atoms with van der Waals surface area (Å²) in [6.07, 6.45) is 0.663. The maximum Gasteiger partial charge on any atom is 0.534 e. The van der Waals surface area contributed by atoms with Crippen molar-refractivity contribution in [3.8, 4) is 28.0 Å². The highest BCUT2D eigenvalue weighted by atomic mass is 32.2. The predicted octanol–water partition coefficient (Wildman–Crippen LogP) is 6.45. The van der Waals surface area contributed by atoms with E-state index in [1.165, 1.54) is 6.07 Å². The summed E-state index contributed by atoms with van der Waals surface area (Å²) in [6.45, 7) is 4.07. The molecular weight excluding hydrogens is 413 g/mol. The molecule has 3 nitrogen and oxygen atoms in total. The summed E-state index contributed by atoms with van der Waals surface area (Å²) < 4.78 is 67.2. The minimum Gasteiger partial charge on any atom is -0.375 e. The Bertz CT molecular complexity index is 1110. The van der Waals surface area contributed by atoms with Gasteiger partial charge in [0.15, 0.2) is 5.75 Å². The van der Waals surface area contributed by atoms with E-state index in [1.54, 1.807) is 36.4 Å². The van der Waals surface area contributed by atoms with Crippen LogP contribution in [0, 0.1) is 5.92 Å². The molecule has 0 atom stereocenters. The zero-order valence-electron chi connectivity index (χ0n) is 16.5. The summed E-state index contributed by atoms with van der Waals surface area (Å²) in [7, 11) is -5.82. The Morgan fingerprint density at radius 1 is 0.800 bits per heavy atom. The van der Waals surface area contributed by atoms with Gasteiger partial charge in [0, 0.05) is 5.56 Å². The van der Waals surface area contributed by atoms with E-state index in [0.717, 1.165) is 11.1 Å². The Hall–Kier alpha value is -2.80. The monoisotopic (exact) mass is 434 g/mol. The molecule has 158 valence electrons. The van der Waals surface area contributed by atoms with Gasteiger partial charge in [-0.2, -0.15) is 21.6 Å². The zero-order valence-corrected chi connectivity index (χ0v) is 17.3. The second-order valence-electron chi connectivity index (χ2n) is 7.29. The minimum absolute atomic E-state index is 0.279. The number of benzene rings is 3. The van der Waals surface area contributed by atoms with Gasteiger partial charge in [-0.05, 0) is 40.7 Å². The highest BCUT2D eigenvalue weighted by Crippen LogP contribution is 2.43. The molecule has 3 aromatic rings. The van der Waals surface area contributed by atoms with E-state index in [0.29, 0.717) is 23.1 Å². The molecule has 30 heavy (non-hydrogen) atoms. The Labute approximate surface area is 174 Å². The summed E-state index contributed by atoms with van der Waals surface area (Å²) in [6, 6.07) is 20.8. The minimum atomic E-state index is -5.82. The van der Waals surface area contributed by atoms with Crippen molar-refractivity contribution in [3.63, 3.8) is 0 Å². The highest BCUT2D eigenvalue weighted by Gasteiger charge is 2.49. The SMILES string of the molecule is CC(C)Cc1ccc(OS(=O)(=O)C(F)(F)F)c(-c2ccccc2)c1-c1ccccc1. The molecule has 0 saturated carbocycles. The molecule has 0 radical (unpaired) electrons. The number of alkyl halides is 3. The van der Waals surface area contributed by atoms with Crippen molar-refractivity contribution in [3.05, 3.63) is 78.4 Å². The lowest BCUT2D eigenvalue weighted by Gasteiger charge is -2.21. The van der Waals surface area contributed by atoms with Crippen LogP contribution >= 0.6 is 0 Å². The second kappa shape index (κ2) is 8.52. The van der Waals surface area contributed by atoms with Gasteiger partial charge in [0.25, 0.3) is 0 Å². The van der Waals surface area contributed by atoms with Crippen molar-refractivity contribution in [2.24, 2.45) is 5.92 Å². The van der Waals surface area contributed by atoms with Crippen LogP contribution in [0.1, 0.15) is 19.4 Å². The van der Waals surface area contributed by atoms with Crippen molar-refractivity contribution in [2.45, 2.75) is 25.8 Å². The van der Waals surface area contributed by atoms with E-state index in [4.69, 9.17) is 0 Å². The first kappa shape index (κ1) is 21.9. The van der Waals surface area contributed by atoms with Gasteiger partial charge in [0.2, 0.25) is 0 Å². The van der Waals surface area contributed by atoms with E-state index in [9.17, 15) is 21.6 Å². The Balaban J connectivity index is 2.34. The average molecular weight is 434 g/mol. The van der Waals surface area contributed by atoms with Crippen molar-refractivity contribution >= 4 is 10.1 Å². The number of rotatable bonds is 6. The lowest BCUT2D eigenvalue weighted by molar-refractivity contribution is -0.0499. The van der Waals surface area contributed by atoms with Gasteiger partial charge in [0.1, 0.15) is 0 Å². The molecule has 0 aliphatic rings. The Kier molecular flexibility index (Phi) is 6.22. The molecule has 0 heterocycles. The Morgan fingerprint density at radius 3 is 1.77 bits per heavy atom. The van der Waals surface area contributed by atoms with E-state index < -0.39 is 15.6 Å². The average Bonchev–Trinajstić information content (AvgIpc) is 2.68. The van der Waals surface area contributed by atoms with Crippen molar-refractivity contribution in [1.82, 2.24) is 0 Å². The molecule has 0 saturated heterocycles. The molecule has 0 bridgehead atoms. The molecule has 0 aliphatic carbocycles. The van der Waals surface area contributed by atoms with E-state index in [1.807, 2.05) is 44.2 Å². The number of hydrogen-bond donors (Lipinski definition) is 0. The molecule has 3 rings (SSSR count). The molecule has 3 aromatic carbocycles. The van der Waals surface area contributed by atoms with Crippen molar-refractivity contribution in [1.29, 1.82) is 0 Å². The molecule has 7 heteroatoms. The van der Waals surface area contributed by atoms with Crippen LogP contribution in [0.25, 0.3) is 22.3 Å². The number of halogens is 3. The van der Waals surface area contributed by atoms with Gasteiger partial charge in [-0.3, -0.25) is 0 Å². The molecule has 0 amide bonds. The second-order valence-corrected chi connectivity index (χ2v) is 8.82. The lowest BCUT2D eigenvalue weighted by atomic mass is 9.87. The Morgan fingerprint density at radius 2 is 1.30 bits per heavy atom. The topological polar surface area (TPSA) is 43.4 Å². The molecular formula is C23H21F3O3S. The molecule has 0 N–H and O–H groups in total. The fourth-order valence-corrected chi connectivity index (χ4v) is 3.77. The smallest absolute Gasteiger partial charge is 0.375 e. The van der Waals surface area contributed by atoms with Crippen LogP contribution in [0.4, 0.5) is 13.2 Å². The normalized spacial score (nSPS) is 12.2. The van der Waals surface area contributed by atoms with Crippen LogP contribution in [0.5, 0.6) is 5.75 Å². The van der Waals surface area contributed by atoms with Crippen LogP contribution in [0.3, 0.4) is 0 Å². The van der Waals surface area contributed by atoms with Gasteiger partial charge in [-0.25, -0.2) is 0 Å². The highest BCUT2D eigenvalue weighted by molar-refractivity contribution is 7.88. The van der Waals surface area contributed by atoms with Gasteiger partial charge >= 0.3 is 15.6 Å². The molecule has 0 unspecified atom stereocenters. The van der Waals surface area contributed by atoms with Crippen molar-refractivity contribution in [2.75, 3.05) is 0 Å². The largest absolute Gasteiger partial charge is 0.534 e. The van der Waals surface area contributed by atoms with Crippen molar-refractivity contribution < 1.29 is 25.8 Å². The van der Waals surface area contributed by atoms with E-state index in [2.05, 4.69) is 4.18 Å². The predicted molar refractivity (Wildman–Crippen MR) is 111 cm³/mol. The fraction of sp³-hybridized carbons (Fsp3) is 0.217. The molecule has 0 fully saturated rings. The molecule has 0 aliphatic heterocycles. The zero-order chi connectivity index (χ0) is 21.9. The van der Waals surface area contributed by atoms with Gasteiger partial charge in [0.05, 0.1) is 0 Å². The lowest BCUT2D eigenvalue weighted by Crippen LogP contribution is -2.28. The first-order valence-electron chi connectivity index (χ1n) is 9.37. The third-order valence-electron chi connectivity index (χ3n) is 4.49. The van der Waals surface area contributed by atoms with Crippen LogP contribution in [-0.4, -0.2) is 13.9 Å². The summed E-state index contributed by atoms with van der Waals surface area (Å²) in [5.41, 5.74) is -2.33. The number of hydrogen-bond acceptors (Lipinski definition) is 3. The van der Waals surface area contributed by atoms with Gasteiger partial charge in [-0.1, -0.05) is 80.6 Å². The molecule has 0 spiro atoms. The van der Waals surface area contributed by atoms with Crippen LogP contribution < -0.4 is 4.18 Å². The van der Waals surface area contributed by atoms with Crippen LogP contribution in [0.2, 0.25) is 0 Å². The summed E-state index contributed by atoms with van der Waals surface area (Å²) in [5.74, 6) is -0.0772. The summed E-state index contributed by atoms with van der Waals surface area (Å²) >= 11 is 0. The first-order chi connectivity index (χ1) is 14.1. The maximum atomic E-state index is 13.0. The third-order valence-corrected chi connectivity index (χ3v) is 5.46. The van der Waals surface area contributed by atoms with Crippen LogP contribution in [0.15, 0.2) is 72.8 Å². The first-order valence-corrected chi connectivity index (χ1v) is 10.8.